The molecule has 2 aromatic carbocycles. The summed E-state index contributed by atoms with van der Waals surface area (Å²) in [6.07, 6.45) is 1.43. The molecule has 3 N–H and O–H groups in total. The second kappa shape index (κ2) is 9.97. The lowest BCUT2D eigenvalue weighted by atomic mass is 10.2. The molecule has 3 aromatic rings. The van der Waals surface area contributed by atoms with Crippen LogP contribution in [0.3, 0.4) is 0 Å². The standard InChI is InChI=1S/C23H23N3O4/c1-16(2)15-30-20-9-4-6-17(13-20)24-14-22(27)25-18-7-3-8-19(12-18)26-23(28)21-10-5-11-29-21/h3-13,24H,1,14-15H2,2H3,(H,25,27)(H,26,28). The normalized spacial score (nSPS) is 10.2. The van der Waals surface area contributed by atoms with E-state index >= 15 is 0 Å². The van der Waals surface area contributed by atoms with Gasteiger partial charge in [-0.25, -0.2) is 0 Å². The van der Waals surface area contributed by atoms with Gasteiger partial charge in [-0.1, -0.05) is 18.7 Å². The van der Waals surface area contributed by atoms with Crippen LogP contribution in [-0.4, -0.2) is 25.0 Å². The van der Waals surface area contributed by atoms with E-state index in [9.17, 15) is 9.59 Å². The smallest absolute Gasteiger partial charge is 0.291 e. The summed E-state index contributed by atoms with van der Waals surface area (Å²) in [5.74, 6) is 0.322. The zero-order valence-corrected chi connectivity index (χ0v) is 16.6. The molecule has 0 aliphatic heterocycles. The first-order chi connectivity index (χ1) is 14.5. The molecular weight excluding hydrogens is 382 g/mol. The zero-order valence-electron chi connectivity index (χ0n) is 16.6. The van der Waals surface area contributed by atoms with Crippen LogP contribution in [0, 0.1) is 0 Å². The van der Waals surface area contributed by atoms with Gasteiger partial charge in [-0.15, -0.1) is 0 Å². The van der Waals surface area contributed by atoms with E-state index in [1.807, 2.05) is 31.2 Å². The van der Waals surface area contributed by atoms with Crippen LogP contribution in [0.1, 0.15) is 17.5 Å². The molecule has 30 heavy (non-hydrogen) atoms. The van der Waals surface area contributed by atoms with E-state index in [2.05, 4.69) is 22.5 Å². The van der Waals surface area contributed by atoms with Gasteiger partial charge in [0, 0.05) is 23.1 Å². The number of nitrogens with one attached hydrogen (secondary N) is 3. The highest BCUT2D eigenvalue weighted by molar-refractivity contribution is 6.02. The summed E-state index contributed by atoms with van der Waals surface area (Å²) in [6, 6.07) is 17.5. The number of amides is 2. The second-order valence-corrected chi connectivity index (χ2v) is 6.69. The fraction of sp³-hybridized carbons (Fsp3) is 0.130. The lowest BCUT2D eigenvalue weighted by Crippen LogP contribution is -2.21. The van der Waals surface area contributed by atoms with Gasteiger partial charge in [0.25, 0.3) is 5.91 Å². The highest BCUT2D eigenvalue weighted by atomic mass is 16.5. The maximum absolute atomic E-state index is 12.3. The van der Waals surface area contributed by atoms with Gasteiger partial charge in [0.2, 0.25) is 5.91 Å². The molecule has 0 aliphatic carbocycles. The molecule has 0 atom stereocenters. The Labute approximate surface area is 174 Å². The second-order valence-electron chi connectivity index (χ2n) is 6.69. The van der Waals surface area contributed by atoms with Crippen molar-refractivity contribution >= 4 is 28.9 Å². The minimum Gasteiger partial charge on any atom is -0.489 e. The number of carbonyl (C=O) groups excluding carboxylic acids is 2. The monoisotopic (exact) mass is 405 g/mol. The largest absolute Gasteiger partial charge is 0.489 e. The molecule has 0 aliphatic rings. The van der Waals surface area contributed by atoms with Gasteiger partial charge >= 0.3 is 0 Å². The molecule has 0 saturated heterocycles. The van der Waals surface area contributed by atoms with Gasteiger partial charge in [-0.2, -0.15) is 0 Å². The molecule has 0 bridgehead atoms. The van der Waals surface area contributed by atoms with Crippen molar-refractivity contribution in [1.82, 2.24) is 0 Å². The Balaban J connectivity index is 1.52. The molecule has 0 radical (unpaired) electrons. The predicted octanol–water partition coefficient (Wildman–Crippen LogP) is 4.54. The van der Waals surface area contributed by atoms with Gasteiger partial charge in [-0.05, 0) is 55.0 Å². The summed E-state index contributed by atoms with van der Waals surface area (Å²) in [4.78, 5) is 24.3. The molecule has 0 unspecified atom stereocenters. The molecular formula is C23H23N3O4. The van der Waals surface area contributed by atoms with Crippen molar-refractivity contribution in [2.24, 2.45) is 0 Å². The number of benzene rings is 2. The van der Waals surface area contributed by atoms with E-state index < -0.39 is 0 Å². The Kier molecular flexibility index (Phi) is 6.89. The maximum atomic E-state index is 12.3. The first kappa shape index (κ1) is 20.7. The summed E-state index contributed by atoms with van der Waals surface area (Å²) >= 11 is 0. The lowest BCUT2D eigenvalue weighted by Gasteiger charge is -2.11. The van der Waals surface area contributed by atoms with E-state index in [-0.39, 0.29) is 24.1 Å². The number of carbonyl (C=O) groups is 2. The molecule has 1 heterocycles. The first-order valence-corrected chi connectivity index (χ1v) is 9.35. The van der Waals surface area contributed by atoms with Crippen LogP contribution < -0.4 is 20.7 Å². The summed E-state index contributed by atoms with van der Waals surface area (Å²) in [5, 5.41) is 8.58. The van der Waals surface area contributed by atoms with Crippen molar-refractivity contribution in [2.45, 2.75) is 6.92 Å². The molecule has 1 aromatic heterocycles. The quantitative estimate of drug-likeness (QED) is 0.455. The SMILES string of the molecule is C=C(C)COc1cccc(NCC(=O)Nc2cccc(NC(=O)c3ccco3)c2)c1. The highest BCUT2D eigenvalue weighted by Crippen LogP contribution is 2.19. The lowest BCUT2D eigenvalue weighted by molar-refractivity contribution is -0.114. The van der Waals surface area contributed by atoms with Crippen LogP contribution in [0.5, 0.6) is 5.75 Å². The third kappa shape index (κ3) is 6.27. The molecule has 0 fully saturated rings. The number of ether oxygens (including phenoxy) is 1. The van der Waals surface area contributed by atoms with Crippen LogP contribution in [0.4, 0.5) is 17.1 Å². The van der Waals surface area contributed by atoms with Crippen LogP contribution in [0.15, 0.2) is 83.5 Å². The van der Waals surface area contributed by atoms with Gasteiger partial charge in [0.1, 0.15) is 12.4 Å². The number of furan rings is 1. The van der Waals surface area contributed by atoms with Crippen LogP contribution in [-0.2, 0) is 4.79 Å². The van der Waals surface area contributed by atoms with E-state index in [1.165, 1.54) is 6.26 Å². The minimum atomic E-state index is -0.362. The predicted molar refractivity (Wildman–Crippen MR) is 117 cm³/mol. The molecule has 7 heteroatoms. The Bertz CT molecular complexity index is 1030. The van der Waals surface area contributed by atoms with Crippen molar-refractivity contribution in [3.63, 3.8) is 0 Å². The third-order valence-corrected chi connectivity index (χ3v) is 3.92. The topological polar surface area (TPSA) is 92.6 Å². The Morgan fingerprint density at radius 3 is 2.43 bits per heavy atom. The maximum Gasteiger partial charge on any atom is 0.291 e. The first-order valence-electron chi connectivity index (χ1n) is 9.35. The highest BCUT2D eigenvalue weighted by Gasteiger charge is 2.09. The fourth-order valence-corrected chi connectivity index (χ4v) is 2.57. The Morgan fingerprint density at radius 2 is 1.70 bits per heavy atom. The Hall–Kier alpha value is -4.00. The molecule has 154 valence electrons. The Morgan fingerprint density at radius 1 is 0.967 bits per heavy atom. The van der Waals surface area contributed by atoms with Crippen molar-refractivity contribution < 1.29 is 18.7 Å². The van der Waals surface area contributed by atoms with E-state index in [0.29, 0.717) is 23.7 Å². The fourth-order valence-electron chi connectivity index (χ4n) is 2.57. The van der Waals surface area contributed by atoms with E-state index in [4.69, 9.17) is 9.15 Å². The molecule has 0 spiro atoms. The number of hydrogen-bond donors (Lipinski definition) is 3. The number of hydrogen-bond acceptors (Lipinski definition) is 5. The van der Waals surface area contributed by atoms with Gasteiger partial charge < -0.3 is 25.1 Å². The van der Waals surface area contributed by atoms with Crippen LogP contribution in [0.2, 0.25) is 0 Å². The summed E-state index contributed by atoms with van der Waals surface area (Å²) in [5.41, 5.74) is 2.81. The molecule has 2 amide bonds. The minimum absolute atomic E-state index is 0.0763. The van der Waals surface area contributed by atoms with Crippen molar-refractivity contribution in [3.05, 3.63) is 84.8 Å². The van der Waals surface area contributed by atoms with Crippen LogP contribution in [0.25, 0.3) is 0 Å². The third-order valence-electron chi connectivity index (χ3n) is 3.92. The number of anilines is 3. The van der Waals surface area contributed by atoms with Crippen molar-refractivity contribution in [3.8, 4) is 5.75 Å². The summed E-state index contributed by atoms with van der Waals surface area (Å²) in [6.45, 7) is 6.22. The average Bonchev–Trinajstić information content (AvgIpc) is 3.26. The number of rotatable bonds is 9. The van der Waals surface area contributed by atoms with Crippen molar-refractivity contribution in [1.29, 1.82) is 0 Å². The zero-order chi connectivity index (χ0) is 21.3. The van der Waals surface area contributed by atoms with E-state index in [1.54, 1.807) is 36.4 Å². The van der Waals surface area contributed by atoms with Gasteiger partial charge in [0.05, 0.1) is 12.8 Å². The van der Waals surface area contributed by atoms with Crippen LogP contribution >= 0.6 is 0 Å². The van der Waals surface area contributed by atoms with Crippen molar-refractivity contribution in [2.75, 3.05) is 29.1 Å². The molecule has 0 saturated carbocycles. The van der Waals surface area contributed by atoms with Gasteiger partial charge in [0.15, 0.2) is 5.76 Å². The summed E-state index contributed by atoms with van der Waals surface area (Å²) < 4.78 is 10.7. The van der Waals surface area contributed by atoms with Gasteiger partial charge in [-0.3, -0.25) is 9.59 Å². The average molecular weight is 405 g/mol. The molecule has 7 nitrogen and oxygen atoms in total. The van der Waals surface area contributed by atoms with E-state index in [0.717, 1.165) is 11.3 Å². The molecule has 3 rings (SSSR count). The summed E-state index contributed by atoms with van der Waals surface area (Å²) in [7, 11) is 0.